The van der Waals surface area contributed by atoms with Crippen molar-refractivity contribution in [1.82, 2.24) is 5.32 Å². The summed E-state index contributed by atoms with van der Waals surface area (Å²) in [6.45, 7) is 3.69. The highest BCUT2D eigenvalue weighted by molar-refractivity contribution is 4.96. The Morgan fingerprint density at radius 3 is 2.71 bits per heavy atom. The Morgan fingerprint density at radius 2 is 2.14 bits per heavy atom. The van der Waals surface area contributed by atoms with E-state index >= 15 is 0 Å². The first kappa shape index (κ1) is 10.4. The van der Waals surface area contributed by atoms with E-state index < -0.39 is 5.60 Å². The van der Waals surface area contributed by atoms with Crippen molar-refractivity contribution in [3.63, 3.8) is 0 Å². The minimum absolute atomic E-state index is 0.217. The van der Waals surface area contributed by atoms with Gasteiger partial charge < -0.3 is 15.5 Å². The first-order valence-electron chi connectivity index (χ1n) is 5.72. The van der Waals surface area contributed by atoms with Gasteiger partial charge in [0.05, 0.1) is 11.7 Å². The van der Waals surface area contributed by atoms with E-state index in [0.717, 1.165) is 38.8 Å². The molecule has 1 aliphatic carbocycles. The van der Waals surface area contributed by atoms with Crippen LogP contribution in [0.4, 0.5) is 0 Å². The Kier molecular flexibility index (Phi) is 2.82. The Balaban J connectivity index is 2.05. The second-order valence-corrected chi connectivity index (χ2v) is 5.08. The highest BCUT2D eigenvalue weighted by Crippen LogP contribution is 2.41. The molecule has 1 heterocycles. The molecule has 2 rings (SSSR count). The number of piperidine rings is 1. The quantitative estimate of drug-likeness (QED) is 0.576. The summed E-state index contributed by atoms with van der Waals surface area (Å²) in [6, 6.07) is 0. The van der Waals surface area contributed by atoms with Crippen LogP contribution in [0.1, 0.15) is 32.6 Å². The topological polar surface area (TPSA) is 52.5 Å². The van der Waals surface area contributed by atoms with Crippen LogP contribution in [0.15, 0.2) is 0 Å². The van der Waals surface area contributed by atoms with E-state index in [4.69, 9.17) is 0 Å². The van der Waals surface area contributed by atoms with E-state index in [1.54, 1.807) is 0 Å². The lowest BCUT2D eigenvalue weighted by atomic mass is 9.76. The fraction of sp³-hybridized carbons (Fsp3) is 1.00. The van der Waals surface area contributed by atoms with Gasteiger partial charge in [-0.05, 0) is 38.6 Å². The van der Waals surface area contributed by atoms with Crippen molar-refractivity contribution in [2.75, 3.05) is 13.1 Å². The monoisotopic (exact) mass is 199 g/mol. The maximum Gasteiger partial charge on any atom is 0.0651 e. The molecular weight excluding hydrogens is 178 g/mol. The maximum absolute atomic E-state index is 10.2. The molecule has 0 aromatic carbocycles. The molecule has 82 valence electrons. The fourth-order valence-electron chi connectivity index (χ4n) is 3.13. The maximum atomic E-state index is 10.2. The summed E-state index contributed by atoms with van der Waals surface area (Å²) >= 11 is 0. The van der Waals surface area contributed by atoms with Crippen molar-refractivity contribution < 1.29 is 10.2 Å². The highest BCUT2D eigenvalue weighted by Gasteiger charge is 2.44. The van der Waals surface area contributed by atoms with Gasteiger partial charge in [0.1, 0.15) is 0 Å². The predicted molar refractivity (Wildman–Crippen MR) is 54.9 cm³/mol. The van der Waals surface area contributed by atoms with Gasteiger partial charge in [-0.2, -0.15) is 0 Å². The first-order chi connectivity index (χ1) is 6.61. The molecule has 4 atom stereocenters. The van der Waals surface area contributed by atoms with Gasteiger partial charge in [0.15, 0.2) is 0 Å². The van der Waals surface area contributed by atoms with E-state index in [0.29, 0.717) is 0 Å². The van der Waals surface area contributed by atoms with Crippen LogP contribution in [0.25, 0.3) is 0 Å². The summed E-state index contributed by atoms with van der Waals surface area (Å²) < 4.78 is 0. The summed E-state index contributed by atoms with van der Waals surface area (Å²) in [5, 5.41) is 23.4. The van der Waals surface area contributed by atoms with Crippen LogP contribution in [-0.4, -0.2) is 35.0 Å². The van der Waals surface area contributed by atoms with Gasteiger partial charge in [-0.3, -0.25) is 0 Å². The summed E-state index contributed by atoms with van der Waals surface area (Å²) in [7, 11) is 0. The van der Waals surface area contributed by atoms with E-state index in [1.807, 2.05) is 6.92 Å². The van der Waals surface area contributed by atoms with Gasteiger partial charge in [0.25, 0.3) is 0 Å². The average Bonchev–Trinajstić information content (AvgIpc) is 2.46. The third-order valence-corrected chi connectivity index (χ3v) is 4.00. The molecule has 0 bridgehead atoms. The molecule has 0 radical (unpaired) electrons. The van der Waals surface area contributed by atoms with Gasteiger partial charge in [0, 0.05) is 12.5 Å². The lowest BCUT2D eigenvalue weighted by molar-refractivity contribution is -0.0471. The summed E-state index contributed by atoms with van der Waals surface area (Å²) in [5.41, 5.74) is -0.551. The summed E-state index contributed by atoms with van der Waals surface area (Å²) in [5.74, 6) is 0.534. The standard InChI is InChI=1S/C11H21NO2/c1-11(14)5-2-3-9(11)8-7-12-6-4-10(8)13/h8-10,12-14H,2-7H2,1H3. The van der Waals surface area contributed by atoms with Crippen LogP contribution in [0.5, 0.6) is 0 Å². The van der Waals surface area contributed by atoms with Gasteiger partial charge in [-0.1, -0.05) is 6.42 Å². The third kappa shape index (κ3) is 1.81. The number of aliphatic hydroxyl groups excluding tert-OH is 1. The molecule has 4 unspecified atom stereocenters. The van der Waals surface area contributed by atoms with E-state index in [1.165, 1.54) is 0 Å². The lowest BCUT2D eigenvalue weighted by Gasteiger charge is -2.38. The van der Waals surface area contributed by atoms with Crippen LogP contribution >= 0.6 is 0 Å². The SMILES string of the molecule is CC1(O)CCCC1C1CNCCC1O. The number of hydrogen-bond acceptors (Lipinski definition) is 3. The second kappa shape index (κ2) is 3.80. The van der Waals surface area contributed by atoms with Crippen molar-refractivity contribution >= 4 is 0 Å². The van der Waals surface area contributed by atoms with Crippen molar-refractivity contribution in [2.45, 2.75) is 44.3 Å². The zero-order valence-corrected chi connectivity index (χ0v) is 8.87. The molecule has 0 aromatic rings. The van der Waals surface area contributed by atoms with E-state index in [2.05, 4.69) is 5.32 Å². The van der Waals surface area contributed by atoms with Crippen molar-refractivity contribution in [2.24, 2.45) is 11.8 Å². The molecule has 3 nitrogen and oxygen atoms in total. The zero-order chi connectivity index (χ0) is 10.2. The van der Waals surface area contributed by atoms with Gasteiger partial charge in [0.2, 0.25) is 0 Å². The van der Waals surface area contributed by atoms with Gasteiger partial charge in [-0.15, -0.1) is 0 Å². The zero-order valence-electron chi connectivity index (χ0n) is 8.87. The largest absolute Gasteiger partial charge is 0.393 e. The van der Waals surface area contributed by atoms with Crippen LogP contribution in [0, 0.1) is 11.8 Å². The van der Waals surface area contributed by atoms with Crippen LogP contribution < -0.4 is 5.32 Å². The number of nitrogens with one attached hydrogen (secondary N) is 1. The number of rotatable bonds is 1. The first-order valence-corrected chi connectivity index (χ1v) is 5.72. The highest BCUT2D eigenvalue weighted by atomic mass is 16.3. The molecule has 14 heavy (non-hydrogen) atoms. The van der Waals surface area contributed by atoms with Crippen LogP contribution in [0.2, 0.25) is 0 Å². The normalized spacial score (nSPS) is 49.5. The Morgan fingerprint density at radius 1 is 1.36 bits per heavy atom. The Labute approximate surface area is 85.5 Å². The summed E-state index contributed by atoms with van der Waals surface area (Å²) in [4.78, 5) is 0. The molecule has 1 aliphatic heterocycles. The van der Waals surface area contributed by atoms with Crippen LogP contribution in [0.3, 0.4) is 0 Å². The predicted octanol–water partition coefficient (Wildman–Crippen LogP) is 0.508. The van der Waals surface area contributed by atoms with Crippen molar-refractivity contribution in [3.8, 4) is 0 Å². The van der Waals surface area contributed by atoms with Crippen molar-refractivity contribution in [1.29, 1.82) is 0 Å². The van der Waals surface area contributed by atoms with Crippen molar-refractivity contribution in [3.05, 3.63) is 0 Å². The molecule has 0 spiro atoms. The minimum Gasteiger partial charge on any atom is -0.393 e. The Bertz CT molecular complexity index is 205. The lowest BCUT2D eigenvalue weighted by Crippen LogP contribution is -2.48. The molecule has 0 aromatic heterocycles. The third-order valence-electron chi connectivity index (χ3n) is 4.00. The molecular formula is C11H21NO2. The molecule has 2 fully saturated rings. The molecule has 1 saturated heterocycles. The van der Waals surface area contributed by atoms with Gasteiger partial charge >= 0.3 is 0 Å². The molecule has 0 amide bonds. The van der Waals surface area contributed by atoms with Gasteiger partial charge in [-0.25, -0.2) is 0 Å². The minimum atomic E-state index is -0.551. The number of aliphatic hydroxyl groups is 2. The summed E-state index contributed by atoms with van der Waals surface area (Å²) in [6.07, 6.45) is 3.67. The number of hydrogen-bond donors (Lipinski definition) is 3. The Hall–Kier alpha value is -0.120. The molecule has 1 saturated carbocycles. The van der Waals surface area contributed by atoms with Crippen LogP contribution in [-0.2, 0) is 0 Å². The smallest absolute Gasteiger partial charge is 0.0651 e. The molecule has 2 aliphatic rings. The second-order valence-electron chi connectivity index (χ2n) is 5.08. The fourth-order valence-corrected chi connectivity index (χ4v) is 3.13. The van der Waals surface area contributed by atoms with E-state index in [9.17, 15) is 10.2 Å². The van der Waals surface area contributed by atoms with E-state index in [-0.39, 0.29) is 17.9 Å². The molecule has 3 N–H and O–H groups in total. The average molecular weight is 199 g/mol. The molecule has 3 heteroatoms.